The first kappa shape index (κ1) is 20.1. The Morgan fingerprint density at radius 3 is 2.42 bits per heavy atom. The Labute approximate surface area is 119 Å². The zero-order valence-electron chi connectivity index (χ0n) is 10.9. The van der Waals surface area contributed by atoms with Crippen molar-refractivity contribution in [3.8, 4) is 0 Å². The summed E-state index contributed by atoms with van der Waals surface area (Å²) in [5.74, 6) is 0.671. The Kier molecular flexibility index (Phi) is 9.33. The Morgan fingerprint density at radius 1 is 1.32 bits per heavy atom. The number of rotatable bonds is 2. The number of halogens is 1. The molecule has 0 spiro atoms. The van der Waals surface area contributed by atoms with Crippen LogP contribution in [0.2, 0.25) is 0 Å². The number of nitrogen functional groups attached to an aromatic ring is 1. The number of carbonyl (C=O) groups excluding carboxylic acids is 1. The van der Waals surface area contributed by atoms with Crippen LogP contribution in [0, 0.1) is 5.92 Å². The van der Waals surface area contributed by atoms with E-state index in [1.807, 2.05) is 0 Å². The predicted molar refractivity (Wildman–Crippen MR) is 77.7 cm³/mol. The minimum absolute atomic E-state index is 0. The summed E-state index contributed by atoms with van der Waals surface area (Å²) in [6.45, 7) is 1.97. The van der Waals surface area contributed by atoms with Gasteiger partial charge in [0.15, 0.2) is 5.78 Å². The molecule has 1 fully saturated rings. The molecule has 6 N–H and O–H groups in total. The van der Waals surface area contributed by atoms with Gasteiger partial charge in [-0.2, -0.15) is 0 Å². The number of nitrogens with two attached hydrogens (primary N) is 1. The molecule has 6 nitrogen and oxygen atoms in total. The monoisotopic (exact) mass is 291 g/mol. The molecule has 0 amide bonds. The molecule has 19 heavy (non-hydrogen) atoms. The van der Waals surface area contributed by atoms with Crippen molar-refractivity contribution in [1.29, 1.82) is 0 Å². The van der Waals surface area contributed by atoms with Gasteiger partial charge in [-0.05, 0) is 45.1 Å². The van der Waals surface area contributed by atoms with Gasteiger partial charge in [-0.25, -0.2) is 4.98 Å². The van der Waals surface area contributed by atoms with Crippen molar-refractivity contribution < 1.29 is 15.7 Å². The molecule has 0 atom stereocenters. The second kappa shape index (κ2) is 8.82. The number of ketones is 1. The topological polar surface area (TPSA) is 122 Å². The quantitative estimate of drug-likeness (QED) is 0.768. The molecule has 2 heterocycles. The Bertz CT molecular complexity index is 396. The fraction of sp³-hybridized carbons (Fsp3) is 0.500. The zero-order chi connectivity index (χ0) is 11.5. The third kappa shape index (κ3) is 5.12. The molecule has 0 aliphatic carbocycles. The van der Waals surface area contributed by atoms with Gasteiger partial charge < -0.3 is 21.6 Å². The predicted octanol–water partition coefficient (Wildman–Crippen LogP) is -0.0393. The highest BCUT2D eigenvalue weighted by atomic mass is 35.5. The van der Waals surface area contributed by atoms with E-state index in [9.17, 15) is 4.79 Å². The van der Waals surface area contributed by atoms with Crippen LogP contribution < -0.4 is 5.73 Å². The second-order valence-corrected chi connectivity index (χ2v) is 4.39. The average molecular weight is 292 g/mol. The average Bonchev–Trinajstić information content (AvgIpc) is 2.29. The van der Waals surface area contributed by atoms with Crippen molar-refractivity contribution >= 4 is 24.0 Å². The lowest BCUT2D eigenvalue weighted by Crippen LogP contribution is -2.33. The summed E-state index contributed by atoms with van der Waals surface area (Å²) >= 11 is 0. The van der Waals surface area contributed by atoms with E-state index < -0.39 is 0 Å². The first-order chi connectivity index (χ1) is 7.66. The molecule has 0 saturated carbocycles. The fourth-order valence-corrected chi connectivity index (χ4v) is 2.07. The number of pyridine rings is 1. The number of likely N-dealkylation sites (tertiary alicyclic amines) is 1. The molecule has 1 saturated heterocycles. The fourth-order valence-electron chi connectivity index (χ4n) is 2.07. The van der Waals surface area contributed by atoms with Crippen LogP contribution >= 0.6 is 12.4 Å². The SMILES string of the molecule is CN1CCC(C(=O)c2cccc(N)n2)CC1.Cl.O.O. The van der Waals surface area contributed by atoms with Crippen LogP contribution in [0.4, 0.5) is 5.82 Å². The molecule has 1 aliphatic heterocycles. The van der Waals surface area contributed by atoms with Crippen molar-refractivity contribution in [2.75, 3.05) is 25.9 Å². The van der Waals surface area contributed by atoms with Crippen LogP contribution in [0.5, 0.6) is 0 Å². The third-order valence-electron chi connectivity index (χ3n) is 3.11. The molecular weight excluding hydrogens is 270 g/mol. The minimum Gasteiger partial charge on any atom is -0.412 e. The van der Waals surface area contributed by atoms with Gasteiger partial charge in [0.1, 0.15) is 11.5 Å². The number of piperidine rings is 1. The summed E-state index contributed by atoms with van der Waals surface area (Å²) in [6, 6.07) is 5.23. The van der Waals surface area contributed by atoms with E-state index in [4.69, 9.17) is 5.73 Å². The van der Waals surface area contributed by atoms with Crippen molar-refractivity contribution in [1.82, 2.24) is 9.88 Å². The van der Waals surface area contributed by atoms with Gasteiger partial charge in [-0.3, -0.25) is 4.79 Å². The Balaban J connectivity index is 0. The second-order valence-electron chi connectivity index (χ2n) is 4.39. The highest BCUT2D eigenvalue weighted by Crippen LogP contribution is 2.20. The van der Waals surface area contributed by atoms with Crippen molar-refractivity contribution in [3.05, 3.63) is 23.9 Å². The number of hydrogen-bond acceptors (Lipinski definition) is 4. The maximum absolute atomic E-state index is 12.1. The van der Waals surface area contributed by atoms with E-state index in [2.05, 4.69) is 16.9 Å². The number of anilines is 1. The Morgan fingerprint density at radius 2 is 1.89 bits per heavy atom. The van der Waals surface area contributed by atoms with Crippen LogP contribution in [0.25, 0.3) is 0 Å². The van der Waals surface area contributed by atoms with Crippen LogP contribution in [0.1, 0.15) is 23.3 Å². The van der Waals surface area contributed by atoms with E-state index in [0.717, 1.165) is 25.9 Å². The van der Waals surface area contributed by atoms with E-state index >= 15 is 0 Å². The maximum Gasteiger partial charge on any atom is 0.184 e. The summed E-state index contributed by atoms with van der Waals surface area (Å²) < 4.78 is 0. The minimum atomic E-state index is 0. The molecule has 1 aliphatic rings. The van der Waals surface area contributed by atoms with Crippen molar-refractivity contribution in [3.63, 3.8) is 0 Å². The van der Waals surface area contributed by atoms with Gasteiger partial charge in [0.25, 0.3) is 0 Å². The highest BCUT2D eigenvalue weighted by molar-refractivity contribution is 5.96. The summed E-state index contributed by atoms with van der Waals surface area (Å²) in [4.78, 5) is 18.5. The lowest BCUT2D eigenvalue weighted by atomic mass is 9.91. The van der Waals surface area contributed by atoms with Gasteiger partial charge in [-0.15, -0.1) is 12.4 Å². The van der Waals surface area contributed by atoms with Crippen LogP contribution in [-0.4, -0.2) is 46.8 Å². The van der Waals surface area contributed by atoms with E-state index in [0.29, 0.717) is 11.5 Å². The van der Waals surface area contributed by atoms with E-state index in [-0.39, 0.29) is 35.1 Å². The molecule has 1 aromatic heterocycles. The number of nitrogens with zero attached hydrogens (tertiary/aromatic N) is 2. The summed E-state index contributed by atoms with van der Waals surface area (Å²) in [5, 5.41) is 0. The number of hydrogen-bond donors (Lipinski definition) is 1. The van der Waals surface area contributed by atoms with Crippen molar-refractivity contribution in [2.45, 2.75) is 12.8 Å². The highest BCUT2D eigenvalue weighted by Gasteiger charge is 2.25. The molecule has 2 rings (SSSR count). The molecular formula is C12H22ClN3O3. The van der Waals surface area contributed by atoms with Gasteiger partial charge in [-0.1, -0.05) is 6.07 Å². The third-order valence-corrected chi connectivity index (χ3v) is 3.11. The van der Waals surface area contributed by atoms with Gasteiger partial charge >= 0.3 is 0 Å². The lowest BCUT2D eigenvalue weighted by Gasteiger charge is -2.27. The Hall–Kier alpha value is -1.21. The largest absolute Gasteiger partial charge is 0.412 e. The number of aromatic nitrogens is 1. The number of Topliss-reactive ketones (excluding diaryl/α,β-unsaturated/α-hetero) is 1. The number of carbonyl (C=O) groups is 1. The van der Waals surface area contributed by atoms with Gasteiger partial charge in [0.05, 0.1) is 0 Å². The van der Waals surface area contributed by atoms with Gasteiger partial charge in [0, 0.05) is 5.92 Å². The van der Waals surface area contributed by atoms with Crippen LogP contribution in [-0.2, 0) is 0 Å². The molecule has 0 bridgehead atoms. The van der Waals surface area contributed by atoms with E-state index in [1.165, 1.54) is 0 Å². The zero-order valence-corrected chi connectivity index (χ0v) is 11.7. The molecule has 0 unspecified atom stereocenters. The first-order valence-corrected chi connectivity index (χ1v) is 5.62. The maximum atomic E-state index is 12.1. The summed E-state index contributed by atoms with van der Waals surface area (Å²) in [5.41, 5.74) is 6.09. The normalized spacial score (nSPS) is 15.6. The standard InChI is InChI=1S/C12H17N3O.ClH.2H2O/c1-15-7-5-9(6-8-15)12(16)10-3-2-4-11(13)14-10;;;/h2-4,9H,5-8H2,1H3,(H2,13,14);1H;2*1H2. The first-order valence-electron chi connectivity index (χ1n) is 5.62. The molecule has 110 valence electrons. The van der Waals surface area contributed by atoms with Gasteiger partial charge in [0.2, 0.25) is 0 Å². The summed E-state index contributed by atoms with van der Waals surface area (Å²) in [6.07, 6.45) is 1.84. The molecule has 7 heteroatoms. The molecule has 0 aromatic carbocycles. The smallest absolute Gasteiger partial charge is 0.184 e. The van der Waals surface area contributed by atoms with Crippen LogP contribution in [0.15, 0.2) is 18.2 Å². The summed E-state index contributed by atoms with van der Waals surface area (Å²) in [7, 11) is 2.08. The molecule has 0 radical (unpaired) electrons. The lowest BCUT2D eigenvalue weighted by molar-refractivity contribution is 0.0851. The molecule has 1 aromatic rings. The van der Waals surface area contributed by atoms with Crippen LogP contribution in [0.3, 0.4) is 0 Å². The van der Waals surface area contributed by atoms with Crippen molar-refractivity contribution in [2.24, 2.45) is 5.92 Å². The van der Waals surface area contributed by atoms with E-state index in [1.54, 1.807) is 18.2 Å².